The topological polar surface area (TPSA) is 34.1 Å². The number of Topliss-reactive ketones (excluding diaryl/α,β-unsaturated/α-hetero) is 2. The van der Waals surface area contributed by atoms with Gasteiger partial charge in [-0.25, -0.2) is 4.39 Å². The normalized spacial score (nSPS) is 12.6. The number of carbonyl (C=O) groups excluding carboxylic acids is 2. The summed E-state index contributed by atoms with van der Waals surface area (Å²) in [4.78, 5) is 23.1. The van der Waals surface area contributed by atoms with E-state index in [4.69, 9.17) is 23.2 Å². The van der Waals surface area contributed by atoms with Gasteiger partial charge in [-0.05, 0) is 18.2 Å². The molecule has 0 bridgehead atoms. The third kappa shape index (κ3) is 3.27. The average molecular weight is 277 g/mol. The predicted octanol–water partition coefficient (Wildman–Crippen LogP) is 3.74. The number of benzene rings is 1. The standard InChI is InChI=1S/C12H11Cl2FO2/c1-6(2)11(16)10(15)12(17)8-5-7(13)3-4-9(8)14/h3-6,10H,1-2H3. The minimum Gasteiger partial charge on any atom is -0.296 e. The Morgan fingerprint density at radius 2 is 1.82 bits per heavy atom. The van der Waals surface area contributed by atoms with E-state index in [0.717, 1.165) is 0 Å². The van der Waals surface area contributed by atoms with Crippen molar-refractivity contribution in [3.63, 3.8) is 0 Å². The molecule has 0 N–H and O–H groups in total. The summed E-state index contributed by atoms with van der Waals surface area (Å²) >= 11 is 11.5. The first kappa shape index (κ1) is 14.1. The molecule has 0 aromatic heterocycles. The largest absolute Gasteiger partial charge is 0.296 e. The van der Waals surface area contributed by atoms with Gasteiger partial charge in [0.15, 0.2) is 5.78 Å². The quantitative estimate of drug-likeness (QED) is 0.620. The van der Waals surface area contributed by atoms with Crippen molar-refractivity contribution in [2.24, 2.45) is 5.92 Å². The molecule has 1 aromatic carbocycles. The third-order valence-corrected chi connectivity index (χ3v) is 2.81. The van der Waals surface area contributed by atoms with Gasteiger partial charge in [0.25, 0.3) is 0 Å². The Kier molecular flexibility index (Phi) is 4.66. The zero-order chi connectivity index (χ0) is 13.2. The van der Waals surface area contributed by atoms with Crippen molar-refractivity contribution in [1.29, 1.82) is 0 Å². The van der Waals surface area contributed by atoms with E-state index >= 15 is 0 Å². The first-order valence-corrected chi connectivity index (χ1v) is 5.77. The van der Waals surface area contributed by atoms with E-state index in [0.29, 0.717) is 0 Å². The smallest absolute Gasteiger partial charge is 0.221 e. The van der Waals surface area contributed by atoms with E-state index in [-0.39, 0.29) is 15.6 Å². The molecule has 0 aliphatic rings. The van der Waals surface area contributed by atoms with Gasteiger partial charge in [-0.1, -0.05) is 37.0 Å². The van der Waals surface area contributed by atoms with Crippen molar-refractivity contribution in [2.45, 2.75) is 20.0 Å². The number of rotatable bonds is 4. The maximum absolute atomic E-state index is 13.6. The first-order chi connectivity index (χ1) is 7.84. The van der Waals surface area contributed by atoms with Crippen LogP contribution in [0.5, 0.6) is 0 Å². The second-order valence-corrected chi connectivity index (χ2v) is 4.75. The van der Waals surface area contributed by atoms with E-state index < -0.39 is 23.7 Å². The molecule has 0 fully saturated rings. The molecular formula is C12H11Cl2FO2. The van der Waals surface area contributed by atoms with Crippen LogP contribution in [0.25, 0.3) is 0 Å². The Labute approximate surface area is 109 Å². The lowest BCUT2D eigenvalue weighted by molar-refractivity contribution is -0.125. The van der Waals surface area contributed by atoms with E-state index in [2.05, 4.69) is 0 Å². The van der Waals surface area contributed by atoms with Crippen LogP contribution in [0.4, 0.5) is 4.39 Å². The van der Waals surface area contributed by atoms with Crippen LogP contribution in [-0.4, -0.2) is 17.7 Å². The van der Waals surface area contributed by atoms with E-state index in [9.17, 15) is 14.0 Å². The lowest BCUT2D eigenvalue weighted by atomic mass is 9.98. The maximum Gasteiger partial charge on any atom is 0.221 e. The second kappa shape index (κ2) is 5.61. The number of carbonyl (C=O) groups is 2. The first-order valence-electron chi connectivity index (χ1n) is 5.01. The zero-order valence-electron chi connectivity index (χ0n) is 9.34. The number of hydrogen-bond donors (Lipinski definition) is 0. The summed E-state index contributed by atoms with van der Waals surface area (Å²) in [6.45, 7) is 3.06. The Balaban J connectivity index is 3.04. The van der Waals surface area contributed by atoms with Crippen LogP contribution >= 0.6 is 23.2 Å². The predicted molar refractivity (Wildman–Crippen MR) is 65.5 cm³/mol. The Bertz CT molecular complexity index is 458. The molecule has 2 nitrogen and oxygen atoms in total. The van der Waals surface area contributed by atoms with Crippen molar-refractivity contribution in [2.75, 3.05) is 0 Å². The van der Waals surface area contributed by atoms with Crippen molar-refractivity contribution < 1.29 is 14.0 Å². The average Bonchev–Trinajstić information content (AvgIpc) is 2.29. The minimum atomic E-state index is -2.19. The lowest BCUT2D eigenvalue weighted by Gasteiger charge is -2.10. The van der Waals surface area contributed by atoms with E-state index in [1.807, 2.05) is 0 Å². The molecule has 0 aliphatic heterocycles. The highest BCUT2D eigenvalue weighted by Gasteiger charge is 2.30. The molecule has 0 radical (unpaired) electrons. The fraction of sp³-hybridized carbons (Fsp3) is 0.333. The monoisotopic (exact) mass is 276 g/mol. The summed E-state index contributed by atoms with van der Waals surface area (Å²) in [6, 6.07) is 4.13. The van der Waals surface area contributed by atoms with Crippen molar-refractivity contribution in [1.82, 2.24) is 0 Å². The van der Waals surface area contributed by atoms with Crippen LogP contribution in [0.15, 0.2) is 18.2 Å². The third-order valence-electron chi connectivity index (χ3n) is 2.24. The van der Waals surface area contributed by atoms with Gasteiger partial charge < -0.3 is 0 Å². The number of hydrogen-bond acceptors (Lipinski definition) is 2. The second-order valence-electron chi connectivity index (χ2n) is 3.91. The molecule has 1 atom stereocenters. The maximum atomic E-state index is 13.6. The molecule has 0 spiro atoms. The van der Waals surface area contributed by atoms with Gasteiger partial charge >= 0.3 is 0 Å². The zero-order valence-corrected chi connectivity index (χ0v) is 10.8. The lowest BCUT2D eigenvalue weighted by Crippen LogP contribution is -2.29. The molecule has 0 heterocycles. The molecule has 0 saturated carbocycles. The molecule has 1 rings (SSSR count). The highest BCUT2D eigenvalue weighted by molar-refractivity contribution is 6.36. The molecule has 1 aromatic rings. The van der Waals surface area contributed by atoms with Gasteiger partial charge in [0, 0.05) is 16.5 Å². The summed E-state index contributed by atoms with van der Waals surface area (Å²) in [5, 5.41) is 0.348. The van der Waals surface area contributed by atoms with Crippen molar-refractivity contribution >= 4 is 34.8 Å². The highest BCUT2D eigenvalue weighted by Crippen LogP contribution is 2.23. The van der Waals surface area contributed by atoms with Gasteiger partial charge in [-0.3, -0.25) is 9.59 Å². The van der Waals surface area contributed by atoms with Crippen LogP contribution in [0, 0.1) is 5.92 Å². The summed E-state index contributed by atoms with van der Waals surface area (Å²) in [6.07, 6.45) is -2.19. The summed E-state index contributed by atoms with van der Waals surface area (Å²) in [7, 11) is 0. The fourth-order valence-electron chi connectivity index (χ4n) is 1.24. The molecule has 0 aliphatic carbocycles. The Hall–Kier alpha value is -0.930. The van der Waals surface area contributed by atoms with Gasteiger partial charge in [0.05, 0.1) is 5.02 Å². The number of ketones is 2. The fourth-order valence-corrected chi connectivity index (χ4v) is 1.63. The number of alkyl halides is 1. The highest BCUT2D eigenvalue weighted by atomic mass is 35.5. The van der Waals surface area contributed by atoms with Crippen LogP contribution in [0.1, 0.15) is 24.2 Å². The van der Waals surface area contributed by atoms with Crippen LogP contribution in [0.2, 0.25) is 10.0 Å². The van der Waals surface area contributed by atoms with E-state index in [1.165, 1.54) is 32.0 Å². The van der Waals surface area contributed by atoms with Crippen LogP contribution in [0.3, 0.4) is 0 Å². The van der Waals surface area contributed by atoms with Crippen LogP contribution < -0.4 is 0 Å². The van der Waals surface area contributed by atoms with Gasteiger partial charge in [0.2, 0.25) is 12.0 Å². The molecule has 92 valence electrons. The summed E-state index contributed by atoms with van der Waals surface area (Å²) < 4.78 is 13.6. The SMILES string of the molecule is CC(C)C(=O)C(F)C(=O)c1cc(Cl)ccc1Cl. The molecular weight excluding hydrogens is 266 g/mol. The molecule has 1 unspecified atom stereocenters. The number of halogens is 3. The molecule has 0 amide bonds. The Morgan fingerprint density at radius 1 is 1.24 bits per heavy atom. The van der Waals surface area contributed by atoms with Gasteiger partial charge in [0.1, 0.15) is 0 Å². The molecule has 17 heavy (non-hydrogen) atoms. The summed E-state index contributed by atoms with van der Waals surface area (Å²) in [5.41, 5.74) is -0.0688. The minimum absolute atomic E-state index is 0.0688. The van der Waals surface area contributed by atoms with Gasteiger partial charge in [-0.2, -0.15) is 0 Å². The molecule has 0 saturated heterocycles. The van der Waals surface area contributed by atoms with Crippen molar-refractivity contribution in [3.8, 4) is 0 Å². The van der Waals surface area contributed by atoms with Crippen molar-refractivity contribution in [3.05, 3.63) is 33.8 Å². The van der Waals surface area contributed by atoms with Crippen LogP contribution in [-0.2, 0) is 4.79 Å². The van der Waals surface area contributed by atoms with Gasteiger partial charge in [-0.15, -0.1) is 0 Å². The summed E-state index contributed by atoms with van der Waals surface area (Å²) in [5.74, 6) is -2.26. The Morgan fingerprint density at radius 3 is 2.35 bits per heavy atom. The molecule has 5 heteroatoms. The van der Waals surface area contributed by atoms with E-state index in [1.54, 1.807) is 0 Å².